The van der Waals surface area contributed by atoms with Crippen LogP contribution in [0, 0.1) is 0 Å². The van der Waals surface area contributed by atoms with Gasteiger partial charge in [-0.2, -0.15) is 0 Å². The molecule has 126 valence electrons. The van der Waals surface area contributed by atoms with Crippen LogP contribution in [0.1, 0.15) is 39.1 Å². The molecule has 0 saturated heterocycles. The van der Waals surface area contributed by atoms with E-state index in [0.717, 1.165) is 16.5 Å². The summed E-state index contributed by atoms with van der Waals surface area (Å²) in [6.45, 7) is 2.54. The Bertz CT molecular complexity index is 1200. The molecule has 0 saturated carbocycles. The third-order valence-electron chi connectivity index (χ3n) is 4.90. The second-order valence-corrected chi connectivity index (χ2v) is 6.24. The summed E-state index contributed by atoms with van der Waals surface area (Å²) in [6, 6.07) is 16.9. The molecule has 5 nitrogen and oxygen atoms in total. The van der Waals surface area contributed by atoms with Gasteiger partial charge in [-0.1, -0.05) is 53.7 Å². The smallest absolute Gasteiger partial charge is 0.248 e. The molecule has 0 bridgehead atoms. The van der Waals surface area contributed by atoms with Gasteiger partial charge in [-0.3, -0.25) is 9.59 Å². The van der Waals surface area contributed by atoms with Crippen LogP contribution in [0.15, 0.2) is 59.1 Å². The van der Waals surface area contributed by atoms with E-state index in [1.807, 2.05) is 66.1 Å². The molecule has 4 aromatic rings. The summed E-state index contributed by atoms with van der Waals surface area (Å²) in [6.07, 6.45) is 0. The predicted molar refractivity (Wildman–Crippen MR) is 96.4 cm³/mol. The lowest BCUT2D eigenvalue weighted by atomic mass is 9.89. The molecule has 2 heterocycles. The molecule has 0 aliphatic heterocycles. The number of hydrogen-bond donors (Lipinski definition) is 0. The van der Waals surface area contributed by atoms with Gasteiger partial charge >= 0.3 is 0 Å². The second-order valence-electron chi connectivity index (χ2n) is 6.24. The van der Waals surface area contributed by atoms with E-state index in [1.165, 1.54) is 0 Å². The first-order chi connectivity index (χ1) is 12.7. The molecule has 5 rings (SSSR count). The van der Waals surface area contributed by atoms with Crippen molar-refractivity contribution >= 4 is 22.5 Å². The number of ketones is 2. The molecule has 0 amide bonds. The normalized spacial score (nSPS) is 13.1. The number of para-hydroxylation sites is 1. The Balaban J connectivity index is 1.84. The number of hydrogen-bond acceptors (Lipinski definition) is 4. The quantitative estimate of drug-likeness (QED) is 0.485. The van der Waals surface area contributed by atoms with Crippen LogP contribution in [-0.2, 0) is 6.54 Å². The van der Waals surface area contributed by atoms with E-state index in [2.05, 4.69) is 5.16 Å². The molecule has 0 radical (unpaired) electrons. The second kappa shape index (κ2) is 5.26. The summed E-state index contributed by atoms with van der Waals surface area (Å²) in [5, 5.41) is 4.83. The molecule has 1 aliphatic carbocycles. The Morgan fingerprint density at radius 2 is 1.65 bits per heavy atom. The van der Waals surface area contributed by atoms with Crippen LogP contribution in [-0.4, -0.2) is 21.3 Å². The molecule has 26 heavy (non-hydrogen) atoms. The molecular weight excluding hydrogens is 328 g/mol. The fourth-order valence-corrected chi connectivity index (χ4v) is 3.78. The highest BCUT2D eigenvalue weighted by atomic mass is 16.5. The van der Waals surface area contributed by atoms with Crippen molar-refractivity contribution in [3.63, 3.8) is 0 Å². The van der Waals surface area contributed by atoms with Crippen molar-refractivity contribution in [3.05, 3.63) is 77.2 Å². The Hall–Kier alpha value is -3.47. The molecule has 0 N–H and O–H groups in total. The molecular formula is C21H14N2O3. The number of fused-ring (bicyclic) bond motifs is 4. The topological polar surface area (TPSA) is 65.1 Å². The molecule has 5 heteroatoms. The molecule has 0 fully saturated rings. The summed E-state index contributed by atoms with van der Waals surface area (Å²) in [5.74, 6) is -0.473. The monoisotopic (exact) mass is 342 g/mol. The van der Waals surface area contributed by atoms with Gasteiger partial charge < -0.3 is 9.09 Å². The highest BCUT2D eigenvalue weighted by molar-refractivity contribution is 6.32. The van der Waals surface area contributed by atoms with Gasteiger partial charge in [0.15, 0.2) is 0 Å². The standard InChI is InChI=1S/C21H14N2O3/c1-2-23-14-11-7-6-10-13(14)15-18(23)20(25)21-16(19(15)24)17(22-26-21)12-8-4-3-5-9-12/h3-11H,2H2,1H3. The van der Waals surface area contributed by atoms with E-state index < -0.39 is 0 Å². The molecule has 1 aliphatic rings. The van der Waals surface area contributed by atoms with Gasteiger partial charge in [-0.15, -0.1) is 0 Å². The molecule has 0 spiro atoms. The van der Waals surface area contributed by atoms with Crippen molar-refractivity contribution in [3.8, 4) is 11.3 Å². The zero-order valence-corrected chi connectivity index (χ0v) is 14.0. The van der Waals surface area contributed by atoms with E-state index in [9.17, 15) is 9.59 Å². The van der Waals surface area contributed by atoms with Gasteiger partial charge in [0.25, 0.3) is 0 Å². The number of benzene rings is 2. The third-order valence-corrected chi connectivity index (χ3v) is 4.90. The summed E-state index contributed by atoms with van der Waals surface area (Å²) in [4.78, 5) is 26.5. The van der Waals surface area contributed by atoms with E-state index in [4.69, 9.17) is 4.52 Å². The largest absolute Gasteiger partial charge is 0.351 e. The van der Waals surface area contributed by atoms with Crippen molar-refractivity contribution in [1.29, 1.82) is 0 Å². The first-order valence-corrected chi connectivity index (χ1v) is 8.48. The number of carbonyl (C=O) groups excluding carboxylic acids is 2. The average Bonchev–Trinajstić information content (AvgIpc) is 3.27. The van der Waals surface area contributed by atoms with Crippen LogP contribution < -0.4 is 0 Å². The maximum atomic E-state index is 13.4. The van der Waals surface area contributed by atoms with Crippen molar-refractivity contribution in [2.45, 2.75) is 13.5 Å². The lowest BCUT2D eigenvalue weighted by Gasteiger charge is -2.12. The maximum Gasteiger partial charge on any atom is 0.248 e. The molecule has 0 unspecified atom stereocenters. The first-order valence-electron chi connectivity index (χ1n) is 8.48. The zero-order valence-electron chi connectivity index (χ0n) is 14.0. The molecule has 0 atom stereocenters. The van der Waals surface area contributed by atoms with E-state index >= 15 is 0 Å². The van der Waals surface area contributed by atoms with E-state index in [0.29, 0.717) is 23.5 Å². The van der Waals surface area contributed by atoms with Crippen molar-refractivity contribution < 1.29 is 14.1 Å². The van der Waals surface area contributed by atoms with Gasteiger partial charge in [0, 0.05) is 23.0 Å². The lowest BCUT2D eigenvalue weighted by Crippen LogP contribution is -2.22. The summed E-state index contributed by atoms with van der Waals surface area (Å²) >= 11 is 0. The minimum atomic E-state index is -0.290. The number of aryl methyl sites for hydroxylation is 1. The third kappa shape index (κ3) is 1.77. The number of aromatic nitrogens is 2. The van der Waals surface area contributed by atoms with Crippen LogP contribution >= 0.6 is 0 Å². The highest BCUT2D eigenvalue weighted by Crippen LogP contribution is 2.38. The minimum Gasteiger partial charge on any atom is -0.351 e. The highest BCUT2D eigenvalue weighted by Gasteiger charge is 2.40. The zero-order chi connectivity index (χ0) is 17.8. The number of rotatable bonds is 2. The minimum absolute atomic E-state index is 0.0267. The SMILES string of the molecule is CCn1c2c(c3ccccc31)C(=O)c1c(-c3ccccc3)noc1C2=O. The summed E-state index contributed by atoms with van der Waals surface area (Å²) in [5.41, 5.74) is 3.13. The Labute approximate surface area is 148 Å². The Kier molecular flexibility index (Phi) is 3.00. The van der Waals surface area contributed by atoms with Crippen LogP contribution in [0.5, 0.6) is 0 Å². The van der Waals surface area contributed by atoms with Crippen molar-refractivity contribution in [1.82, 2.24) is 9.72 Å². The fourth-order valence-electron chi connectivity index (χ4n) is 3.78. The summed E-state index contributed by atoms with van der Waals surface area (Å²) in [7, 11) is 0. The maximum absolute atomic E-state index is 13.4. The molecule has 2 aromatic heterocycles. The van der Waals surface area contributed by atoms with Crippen LogP contribution in [0.2, 0.25) is 0 Å². The predicted octanol–water partition coefficient (Wildman–Crippen LogP) is 4.09. The van der Waals surface area contributed by atoms with Crippen molar-refractivity contribution in [2.24, 2.45) is 0 Å². The van der Waals surface area contributed by atoms with Crippen LogP contribution in [0.25, 0.3) is 22.2 Å². The van der Waals surface area contributed by atoms with Gasteiger partial charge in [0.05, 0.1) is 5.56 Å². The van der Waals surface area contributed by atoms with Gasteiger partial charge in [0.1, 0.15) is 17.0 Å². The van der Waals surface area contributed by atoms with Gasteiger partial charge in [0.2, 0.25) is 17.3 Å². The number of nitrogens with zero attached hydrogens (tertiary/aromatic N) is 2. The number of carbonyl (C=O) groups is 2. The van der Waals surface area contributed by atoms with E-state index in [-0.39, 0.29) is 22.9 Å². The summed E-state index contributed by atoms with van der Waals surface area (Å²) < 4.78 is 7.22. The average molecular weight is 342 g/mol. The fraction of sp³-hybridized carbons (Fsp3) is 0.0952. The van der Waals surface area contributed by atoms with Crippen LogP contribution in [0.4, 0.5) is 0 Å². The lowest BCUT2D eigenvalue weighted by molar-refractivity contribution is 0.0949. The first kappa shape index (κ1) is 14.8. The van der Waals surface area contributed by atoms with E-state index in [1.54, 1.807) is 0 Å². The van der Waals surface area contributed by atoms with Crippen molar-refractivity contribution in [2.75, 3.05) is 0 Å². The van der Waals surface area contributed by atoms with Gasteiger partial charge in [-0.05, 0) is 13.0 Å². The van der Waals surface area contributed by atoms with Crippen LogP contribution in [0.3, 0.4) is 0 Å². The Morgan fingerprint density at radius 1 is 0.923 bits per heavy atom. The molecule has 2 aromatic carbocycles. The van der Waals surface area contributed by atoms with Gasteiger partial charge in [-0.25, -0.2) is 0 Å². The Morgan fingerprint density at radius 3 is 2.42 bits per heavy atom.